The zero-order valence-corrected chi connectivity index (χ0v) is 10.9. The topological polar surface area (TPSA) is 32.3 Å². The van der Waals surface area contributed by atoms with Gasteiger partial charge in [0.2, 0.25) is 5.91 Å². The number of carbonyl (C=O) groups excluding carboxylic acids is 1. The van der Waals surface area contributed by atoms with Gasteiger partial charge in [-0.05, 0) is 31.7 Å². The van der Waals surface area contributed by atoms with Gasteiger partial charge >= 0.3 is 0 Å². The van der Waals surface area contributed by atoms with Gasteiger partial charge in [0.05, 0.1) is 0 Å². The van der Waals surface area contributed by atoms with Crippen molar-refractivity contribution in [2.24, 2.45) is 11.8 Å². The van der Waals surface area contributed by atoms with E-state index in [4.69, 9.17) is 0 Å². The molecule has 1 saturated heterocycles. The predicted octanol–water partition coefficient (Wildman–Crippen LogP) is 1.67. The van der Waals surface area contributed by atoms with Crippen LogP contribution in [0.5, 0.6) is 0 Å². The summed E-state index contributed by atoms with van der Waals surface area (Å²) in [7, 11) is 1.90. The Morgan fingerprint density at radius 1 is 1.25 bits per heavy atom. The van der Waals surface area contributed by atoms with Crippen LogP contribution in [0.25, 0.3) is 0 Å². The van der Waals surface area contributed by atoms with Crippen LogP contribution in [0.4, 0.5) is 0 Å². The van der Waals surface area contributed by atoms with Crippen LogP contribution in [0.3, 0.4) is 0 Å². The van der Waals surface area contributed by atoms with E-state index in [1.807, 2.05) is 7.05 Å². The van der Waals surface area contributed by atoms with Crippen LogP contribution in [-0.2, 0) is 4.79 Å². The van der Waals surface area contributed by atoms with Gasteiger partial charge in [0.15, 0.2) is 0 Å². The van der Waals surface area contributed by atoms with E-state index in [0.717, 1.165) is 31.5 Å². The third kappa shape index (κ3) is 3.11. The molecule has 2 aliphatic rings. The molecule has 94 valence electrons. The smallest absolute Gasteiger partial charge is 0.223 e. The van der Waals surface area contributed by atoms with Crippen LogP contribution in [0.15, 0.2) is 0 Å². The van der Waals surface area contributed by atoms with Crippen LogP contribution in [-0.4, -0.2) is 37.5 Å². The number of amides is 1. The molecule has 1 amide bonds. The highest BCUT2D eigenvalue weighted by Crippen LogP contribution is 2.36. The molecule has 0 radical (unpaired) electrons. The number of halogens is 1. The van der Waals surface area contributed by atoms with Gasteiger partial charge in [0.1, 0.15) is 0 Å². The van der Waals surface area contributed by atoms with Gasteiger partial charge in [-0.1, -0.05) is 12.8 Å². The van der Waals surface area contributed by atoms with E-state index in [1.165, 1.54) is 25.7 Å². The number of carbonyl (C=O) groups is 1. The first-order chi connectivity index (χ1) is 7.31. The van der Waals surface area contributed by atoms with E-state index in [0.29, 0.717) is 12.3 Å². The molecule has 4 heteroatoms. The van der Waals surface area contributed by atoms with E-state index in [-0.39, 0.29) is 12.4 Å². The minimum Gasteiger partial charge on any atom is -0.342 e. The van der Waals surface area contributed by atoms with Crippen molar-refractivity contribution in [3.05, 3.63) is 0 Å². The highest BCUT2D eigenvalue weighted by Gasteiger charge is 2.35. The summed E-state index contributed by atoms with van der Waals surface area (Å²) in [5.74, 6) is 1.98. The molecule has 2 unspecified atom stereocenters. The van der Waals surface area contributed by atoms with Crippen LogP contribution >= 0.6 is 12.4 Å². The zero-order chi connectivity index (χ0) is 10.7. The summed E-state index contributed by atoms with van der Waals surface area (Å²) in [4.78, 5) is 13.9. The second-order valence-electron chi connectivity index (χ2n) is 4.96. The minimum atomic E-state index is 0. The fraction of sp³-hybridized carbons (Fsp3) is 0.917. The van der Waals surface area contributed by atoms with E-state index in [9.17, 15) is 4.79 Å². The zero-order valence-electron chi connectivity index (χ0n) is 10.1. The van der Waals surface area contributed by atoms with Gasteiger partial charge in [-0.25, -0.2) is 0 Å². The number of hydrogen-bond acceptors (Lipinski definition) is 2. The molecule has 0 aromatic carbocycles. The molecule has 0 spiro atoms. The molecule has 16 heavy (non-hydrogen) atoms. The summed E-state index contributed by atoms with van der Waals surface area (Å²) in [5, 5.41) is 3.04. The summed E-state index contributed by atoms with van der Waals surface area (Å²) in [5.41, 5.74) is 0. The molecule has 1 aliphatic heterocycles. The number of nitrogens with zero attached hydrogens (tertiary/aromatic N) is 1. The first-order valence-corrected chi connectivity index (χ1v) is 6.23. The minimum absolute atomic E-state index is 0. The second kappa shape index (κ2) is 6.45. The number of nitrogens with one attached hydrogen (secondary N) is 1. The molecule has 1 N–H and O–H groups in total. The van der Waals surface area contributed by atoms with Crippen LogP contribution in [0.2, 0.25) is 0 Å². The Balaban J connectivity index is 0.00000128. The van der Waals surface area contributed by atoms with Gasteiger partial charge in [0, 0.05) is 26.1 Å². The molecule has 2 atom stereocenters. The highest BCUT2D eigenvalue weighted by atomic mass is 35.5. The Morgan fingerprint density at radius 2 is 1.81 bits per heavy atom. The molecule has 3 nitrogen and oxygen atoms in total. The molecular formula is C12H23ClN2O. The largest absolute Gasteiger partial charge is 0.342 e. The van der Waals surface area contributed by atoms with E-state index in [2.05, 4.69) is 10.2 Å². The first-order valence-electron chi connectivity index (χ1n) is 6.23. The molecule has 0 aromatic rings. The number of rotatable bonds is 3. The van der Waals surface area contributed by atoms with E-state index < -0.39 is 0 Å². The summed E-state index contributed by atoms with van der Waals surface area (Å²) in [6.07, 6.45) is 6.11. The molecule has 2 fully saturated rings. The van der Waals surface area contributed by atoms with Gasteiger partial charge in [-0.15, -0.1) is 12.4 Å². The van der Waals surface area contributed by atoms with Crippen molar-refractivity contribution in [3.63, 3.8) is 0 Å². The Morgan fingerprint density at radius 3 is 2.31 bits per heavy atom. The van der Waals surface area contributed by atoms with Crippen LogP contribution in [0.1, 0.15) is 32.1 Å². The Kier molecular flexibility index (Phi) is 5.56. The maximum Gasteiger partial charge on any atom is 0.223 e. The monoisotopic (exact) mass is 246 g/mol. The van der Waals surface area contributed by atoms with Gasteiger partial charge in [-0.2, -0.15) is 0 Å². The lowest BCUT2D eigenvalue weighted by Gasteiger charge is -2.22. The quantitative estimate of drug-likeness (QED) is 0.822. The number of fused-ring (bicyclic) bond motifs is 1. The SMILES string of the molecule is CNCCC(=O)N1CC2CCCCC2C1.Cl. The van der Waals surface area contributed by atoms with E-state index >= 15 is 0 Å². The molecule has 0 bridgehead atoms. The predicted molar refractivity (Wildman–Crippen MR) is 67.8 cm³/mol. The lowest BCUT2D eigenvalue weighted by atomic mass is 9.82. The molecule has 1 heterocycles. The lowest BCUT2D eigenvalue weighted by Crippen LogP contribution is -2.31. The maximum atomic E-state index is 11.8. The maximum absolute atomic E-state index is 11.8. The summed E-state index contributed by atoms with van der Waals surface area (Å²) >= 11 is 0. The first kappa shape index (κ1) is 13.8. The van der Waals surface area contributed by atoms with Crippen molar-refractivity contribution >= 4 is 18.3 Å². The third-order valence-corrected chi connectivity index (χ3v) is 3.92. The fourth-order valence-electron chi connectivity index (χ4n) is 3.00. The lowest BCUT2D eigenvalue weighted by molar-refractivity contribution is -0.130. The van der Waals surface area contributed by atoms with Crippen molar-refractivity contribution in [2.45, 2.75) is 32.1 Å². The van der Waals surface area contributed by atoms with Gasteiger partial charge in [-0.3, -0.25) is 4.79 Å². The highest BCUT2D eigenvalue weighted by molar-refractivity contribution is 5.85. The Labute approximate surface area is 104 Å². The molecule has 1 saturated carbocycles. The number of hydrogen-bond donors (Lipinski definition) is 1. The van der Waals surface area contributed by atoms with Gasteiger partial charge in [0.25, 0.3) is 0 Å². The summed E-state index contributed by atoms with van der Waals surface area (Å²) in [6.45, 7) is 2.88. The van der Waals surface area contributed by atoms with Crippen molar-refractivity contribution in [1.29, 1.82) is 0 Å². The Bertz CT molecular complexity index is 221. The molecule has 2 rings (SSSR count). The summed E-state index contributed by atoms with van der Waals surface area (Å²) in [6, 6.07) is 0. The van der Waals surface area contributed by atoms with Crippen molar-refractivity contribution in [1.82, 2.24) is 10.2 Å². The van der Waals surface area contributed by atoms with E-state index in [1.54, 1.807) is 0 Å². The molecular weight excluding hydrogens is 224 g/mol. The summed E-state index contributed by atoms with van der Waals surface area (Å²) < 4.78 is 0. The Hall–Kier alpha value is -0.280. The fourth-order valence-corrected chi connectivity index (χ4v) is 3.00. The average molecular weight is 247 g/mol. The molecule has 1 aliphatic carbocycles. The van der Waals surface area contributed by atoms with Crippen molar-refractivity contribution < 1.29 is 4.79 Å². The van der Waals surface area contributed by atoms with Gasteiger partial charge < -0.3 is 10.2 Å². The van der Waals surface area contributed by atoms with Crippen LogP contribution < -0.4 is 5.32 Å². The average Bonchev–Trinajstić information content (AvgIpc) is 2.69. The van der Waals surface area contributed by atoms with Crippen molar-refractivity contribution in [2.75, 3.05) is 26.7 Å². The number of likely N-dealkylation sites (tertiary alicyclic amines) is 1. The third-order valence-electron chi connectivity index (χ3n) is 3.92. The normalized spacial score (nSPS) is 28.4. The second-order valence-corrected chi connectivity index (χ2v) is 4.96. The van der Waals surface area contributed by atoms with Crippen LogP contribution in [0, 0.1) is 11.8 Å². The van der Waals surface area contributed by atoms with Crippen molar-refractivity contribution in [3.8, 4) is 0 Å². The standard InChI is InChI=1S/C12H22N2O.ClH/c1-13-7-6-12(15)14-8-10-4-2-3-5-11(10)9-14;/h10-11,13H,2-9H2,1H3;1H. The molecule has 0 aromatic heterocycles.